The number of likely N-dealkylation sites (tertiary alicyclic amines) is 2. The third-order valence-electron chi connectivity index (χ3n) is 11.4. The number of carbonyl (C=O) groups is 8. The van der Waals surface area contributed by atoms with Crippen molar-refractivity contribution in [1.29, 1.82) is 0 Å². The molecule has 18 nitrogen and oxygen atoms in total. The number of fused-ring (bicyclic) bond motifs is 2. The van der Waals surface area contributed by atoms with E-state index in [1.807, 2.05) is 24.3 Å². The fourth-order valence-electron chi connectivity index (χ4n) is 8.41. The molecule has 2 atom stereocenters. The molecule has 0 aromatic heterocycles. The first-order valence-electron chi connectivity index (χ1n) is 22.7. The van der Waals surface area contributed by atoms with Crippen LogP contribution >= 0.6 is 0 Å². The molecule has 2 unspecified atom stereocenters. The summed E-state index contributed by atoms with van der Waals surface area (Å²) in [4.78, 5) is 108. The number of nitrogens with zero attached hydrogens (tertiary/aromatic N) is 4. The molecular formula is C48H62N4O14. The van der Waals surface area contributed by atoms with Crippen molar-refractivity contribution in [3.63, 3.8) is 0 Å². The van der Waals surface area contributed by atoms with Gasteiger partial charge in [0, 0.05) is 50.3 Å². The van der Waals surface area contributed by atoms with Gasteiger partial charge in [0.15, 0.2) is 0 Å². The van der Waals surface area contributed by atoms with Gasteiger partial charge in [-0.1, -0.05) is 24.3 Å². The maximum atomic E-state index is 13.4. The van der Waals surface area contributed by atoms with Crippen LogP contribution in [0.1, 0.15) is 123 Å². The monoisotopic (exact) mass is 918 g/mol. The third-order valence-corrected chi connectivity index (χ3v) is 11.4. The van der Waals surface area contributed by atoms with Crippen molar-refractivity contribution in [2.45, 2.75) is 129 Å². The smallest absolute Gasteiger partial charge is 0.424 e. The van der Waals surface area contributed by atoms with Gasteiger partial charge in [0.2, 0.25) is 11.8 Å². The fraction of sp³-hybridized carbons (Fsp3) is 0.583. The Labute approximate surface area is 385 Å². The van der Waals surface area contributed by atoms with Gasteiger partial charge in [0.1, 0.15) is 23.3 Å². The van der Waals surface area contributed by atoms with Gasteiger partial charge < -0.3 is 38.2 Å². The average Bonchev–Trinajstić information content (AvgIpc) is 3.75. The number of rotatable bonds is 19. The van der Waals surface area contributed by atoms with E-state index in [4.69, 9.17) is 28.4 Å². The number of imide groups is 6. The molecule has 2 saturated heterocycles. The second-order valence-electron chi connectivity index (χ2n) is 18.6. The van der Waals surface area contributed by atoms with Gasteiger partial charge >= 0.3 is 12.2 Å². The van der Waals surface area contributed by atoms with Crippen molar-refractivity contribution in [2.24, 2.45) is 0 Å². The van der Waals surface area contributed by atoms with E-state index in [1.165, 1.54) is 9.80 Å². The number of carbonyl (C=O) groups excluding carboxylic acids is 8. The van der Waals surface area contributed by atoms with Crippen LogP contribution in [0.25, 0.3) is 0 Å². The molecule has 4 aliphatic rings. The van der Waals surface area contributed by atoms with Crippen molar-refractivity contribution >= 4 is 47.6 Å². The van der Waals surface area contributed by atoms with Gasteiger partial charge in [-0.15, -0.1) is 0 Å². The average molecular weight is 919 g/mol. The number of aryl methyl sites for hydroxylation is 2. The molecule has 0 spiro atoms. The highest BCUT2D eigenvalue weighted by molar-refractivity contribution is 6.14. The van der Waals surface area contributed by atoms with Crippen LogP contribution in [0.5, 0.6) is 0 Å². The molecule has 66 heavy (non-hydrogen) atoms. The minimum atomic E-state index is -1.03. The van der Waals surface area contributed by atoms with Crippen molar-refractivity contribution in [2.75, 3.05) is 52.9 Å². The van der Waals surface area contributed by atoms with Crippen molar-refractivity contribution in [3.05, 3.63) is 69.8 Å². The SMILES string of the molecule is CC(C)(C)OC(=O)N1C(=O)CCC(N2Cc3c(CCCOCCOCCOCCOCCCc4cccc5c4CN(C4CCC(=O)N(C(=O)OC(C)(C)C)C4=O)C5=O)cccc3C2=O)C1=O. The number of hydrogen-bond acceptors (Lipinski definition) is 14. The quantitative estimate of drug-likeness (QED) is 0.132. The summed E-state index contributed by atoms with van der Waals surface area (Å²) < 4.78 is 33.4. The summed E-state index contributed by atoms with van der Waals surface area (Å²) in [5.41, 5.74) is 2.84. The molecule has 0 N–H and O–H groups in total. The number of benzene rings is 2. The molecule has 18 heteroatoms. The topological polar surface area (TPSA) is 205 Å². The summed E-state index contributed by atoms with van der Waals surface area (Å²) in [6, 6.07) is 9.11. The Morgan fingerprint density at radius 3 is 1.23 bits per heavy atom. The lowest BCUT2D eigenvalue weighted by atomic mass is 10.00. The normalized spacial score (nSPS) is 18.9. The van der Waals surface area contributed by atoms with Crippen LogP contribution in [-0.2, 0) is 73.5 Å². The number of ether oxygens (including phenoxy) is 6. The van der Waals surface area contributed by atoms with Gasteiger partial charge in [-0.25, -0.2) is 9.59 Å². The molecule has 6 rings (SSSR count). The maximum Gasteiger partial charge on any atom is 0.424 e. The van der Waals surface area contributed by atoms with Crippen molar-refractivity contribution in [3.8, 4) is 0 Å². The molecule has 4 heterocycles. The molecule has 358 valence electrons. The molecule has 2 fully saturated rings. The second kappa shape index (κ2) is 21.8. The standard InChI is InChI=1S/C48H62N4O14/c1-47(2,3)65-45(59)51-39(53)19-17-37(43(51)57)49-29-35-31(11-7-15-33(35)41(49)55)13-9-21-61-23-25-63-27-28-64-26-24-62-22-10-14-32-12-8-16-34-36(32)30-50(42(34)56)38-18-20-40(54)52(44(38)58)46(60)66-48(4,5)6/h7-8,11-12,15-16,37-38H,9-10,13-14,17-30H2,1-6H3. The van der Waals surface area contributed by atoms with E-state index in [0.29, 0.717) is 99.5 Å². The van der Waals surface area contributed by atoms with E-state index in [2.05, 4.69) is 0 Å². The molecule has 2 aromatic rings. The van der Waals surface area contributed by atoms with Gasteiger partial charge in [-0.3, -0.25) is 28.8 Å². The molecule has 0 aliphatic carbocycles. The first-order valence-corrected chi connectivity index (χ1v) is 22.7. The van der Waals surface area contributed by atoms with Crippen LogP contribution in [0.2, 0.25) is 0 Å². The first kappa shape index (κ1) is 49.9. The lowest BCUT2D eigenvalue weighted by Crippen LogP contribution is -2.57. The van der Waals surface area contributed by atoms with Crippen molar-refractivity contribution in [1.82, 2.24) is 19.6 Å². The van der Waals surface area contributed by atoms with E-state index < -0.39 is 59.1 Å². The van der Waals surface area contributed by atoms with E-state index in [0.717, 1.165) is 22.3 Å². The van der Waals surface area contributed by atoms with Gasteiger partial charge in [0.05, 0.1) is 39.6 Å². The maximum absolute atomic E-state index is 13.4. The molecule has 0 saturated carbocycles. The van der Waals surface area contributed by atoms with E-state index >= 15 is 0 Å². The Morgan fingerprint density at radius 2 is 0.879 bits per heavy atom. The number of piperidine rings is 2. The summed E-state index contributed by atoms with van der Waals surface area (Å²) in [7, 11) is 0. The van der Waals surface area contributed by atoms with E-state index in [-0.39, 0.29) is 50.6 Å². The zero-order valence-electron chi connectivity index (χ0n) is 38.9. The second-order valence-corrected chi connectivity index (χ2v) is 18.6. The molecule has 0 bridgehead atoms. The minimum absolute atomic E-state index is 0.0539. The predicted molar refractivity (Wildman–Crippen MR) is 235 cm³/mol. The lowest BCUT2D eigenvalue weighted by Gasteiger charge is -2.35. The zero-order chi connectivity index (χ0) is 47.8. The molecule has 4 aliphatic heterocycles. The Balaban J connectivity index is 0.809. The lowest BCUT2D eigenvalue weighted by molar-refractivity contribution is -0.152. The minimum Gasteiger partial charge on any atom is -0.443 e. The predicted octanol–water partition coefficient (Wildman–Crippen LogP) is 5.14. The Hall–Kier alpha value is -5.56. The van der Waals surface area contributed by atoms with Crippen LogP contribution in [0, 0.1) is 0 Å². The van der Waals surface area contributed by atoms with Gasteiger partial charge in [-0.2, -0.15) is 9.80 Å². The van der Waals surface area contributed by atoms with Crippen LogP contribution in [0.4, 0.5) is 9.59 Å². The highest BCUT2D eigenvalue weighted by Gasteiger charge is 2.48. The van der Waals surface area contributed by atoms with E-state index in [9.17, 15) is 38.4 Å². The molecule has 2 aromatic carbocycles. The highest BCUT2D eigenvalue weighted by Crippen LogP contribution is 2.34. The highest BCUT2D eigenvalue weighted by atomic mass is 16.6. The summed E-state index contributed by atoms with van der Waals surface area (Å²) in [5.74, 6) is -3.38. The molecule has 0 radical (unpaired) electrons. The van der Waals surface area contributed by atoms with Crippen LogP contribution < -0.4 is 0 Å². The van der Waals surface area contributed by atoms with Crippen molar-refractivity contribution < 1.29 is 66.8 Å². The summed E-state index contributed by atoms with van der Waals surface area (Å²) in [5, 5.41) is 0. The van der Waals surface area contributed by atoms with Gasteiger partial charge in [-0.05, 0) is 114 Å². The van der Waals surface area contributed by atoms with Crippen LogP contribution in [0.15, 0.2) is 36.4 Å². The molecule has 8 amide bonds. The van der Waals surface area contributed by atoms with Crippen LogP contribution in [0.3, 0.4) is 0 Å². The van der Waals surface area contributed by atoms with E-state index in [1.54, 1.807) is 53.7 Å². The van der Waals surface area contributed by atoms with Crippen LogP contribution in [-0.4, -0.2) is 143 Å². The fourth-order valence-corrected chi connectivity index (χ4v) is 8.41. The summed E-state index contributed by atoms with van der Waals surface area (Å²) in [6.07, 6.45) is 0.818. The largest absolute Gasteiger partial charge is 0.443 e. The zero-order valence-corrected chi connectivity index (χ0v) is 38.9. The Kier molecular flexibility index (Phi) is 16.5. The Morgan fingerprint density at radius 1 is 0.530 bits per heavy atom. The number of hydrogen-bond donors (Lipinski definition) is 0. The number of amides is 8. The summed E-state index contributed by atoms with van der Waals surface area (Å²) >= 11 is 0. The summed E-state index contributed by atoms with van der Waals surface area (Å²) in [6.45, 7) is 13.7. The first-order chi connectivity index (χ1) is 31.4. The van der Waals surface area contributed by atoms with Gasteiger partial charge in [0.25, 0.3) is 23.6 Å². The molecular weight excluding hydrogens is 857 g/mol. The third kappa shape index (κ3) is 12.3. The Bertz CT molecular complexity index is 2030.